The van der Waals surface area contributed by atoms with Crippen LogP contribution in [0.25, 0.3) is 0 Å². The highest BCUT2D eigenvalue weighted by atomic mass is 32.3. The minimum Gasteiger partial charge on any atom is -0.375 e. The van der Waals surface area contributed by atoms with Crippen molar-refractivity contribution in [2.75, 3.05) is 13.2 Å². The number of ether oxygens (including phenoxy) is 1. The Morgan fingerprint density at radius 3 is 2.21 bits per heavy atom. The molecule has 1 rings (SSSR count). The van der Waals surface area contributed by atoms with Gasteiger partial charge in [0.1, 0.15) is 0 Å². The highest BCUT2D eigenvalue weighted by Crippen LogP contribution is 1.99. The second-order valence-electron chi connectivity index (χ2n) is 3.29. The van der Waals surface area contributed by atoms with Crippen LogP contribution >= 0.6 is 0 Å². The molecule has 19 heavy (non-hydrogen) atoms. The maximum absolute atomic E-state index is 8.74. The van der Waals surface area contributed by atoms with E-state index in [0.717, 1.165) is 5.56 Å². The number of nitrogens with zero attached hydrogens (tertiary/aromatic N) is 1. The normalized spacial score (nSPS) is 10.2. The van der Waals surface area contributed by atoms with E-state index in [4.69, 9.17) is 33.7 Å². The van der Waals surface area contributed by atoms with E-state index in [1.165, 1.54) is 0 Å². The third-order valence-corrected chi connectivity index (χ3v) is 1.64. The Morgan fingerprint density at radius 2 is 1.74 bits per heavy atom. The summed E-state index contributed by atoms with van der Waals surface area (Å²) >= 11 is 0. The van der Waals surface area contributed by atoms with Gasteiger partial charge in [-0.15, -0.1) is 0 Å². The van der Waals surface area contributed by atoms with Crippen LogP contribution in [0.5, 0.6) is 0 Å². The molecule has 108 valence electrons. The number of rotatable bonds is 5. The van der Waals surface area contributed by atoms with Gasteiger partial charge in [0, 0.05) is 0 Å². The first-order valence-electron chi connectivity index (χ1n) is 5.16. The topological polar surface area (TPSA) is 148 Å². The molecule has 0 amide bonds. The summed E-state index contributed by atoms with van der Waals surface area (Å²) in [5.41, 5.74) is 11.5. The van der Waals surface area contributed by atoms with Crippen molar-refractivity contribution >= 4 is 16.4 Å². The minimum absolute atomic E-state index is 0.105. The Labute approximate surface area is 111 Å². The first kappa shape index (κ1) is 17.3. The monoisotopic (exact) mass is 291 g/mol. The summed E-state index contributed by atoms with van der Waals surface area (Å²) in [5, 5.41) is 0. The van der Waals surface area contributed by atoms with Crippen molar-refractivity contribution < 1.29 is 22.3 Å². The molecule has 0 aliphatic heterocycles. The van der Waals surface area contributed by atoms with Gasteiger partial charge in [-0.1, -0.05) is 30.3 Å². The highest BCUT2D eigenvalue weighted by molar-refractivity contribution is 7.79. The van der Waals surface area contributed by atoms with Crippen molar-refractivity contribution in [3.63, 3.8) is 0 Å². The quantitative estimate of drug-likeness (QED) is 0.254. The van der Waals surface area contributed by atoms with Crippen LogP contribution in [0.3, 0.4) is 0 Å². The summed E-state index contributed by atoms with van der Waals surface area (Å²) in [4.78, 5) is 3.80. The lowest BCUT2D eigenvalue weighted by Crippen LogP contribution is -2.23. The standard InChI is InChI=1S/C10H15N3O.H2O4S/c11-10(12)13-6-7-14-8-9-4-2-1-3-5-9;1-5(2,3)4/h1-5H,6-8H2,(H4,11,12,13);(H2,1,2,3,4). The molecule has 0 spiro atoms. The Kier molecular flexibility index (Phi) is 8.46. The van der Waals surface area contributed by atoms with Crippen LogP contribution in [-0.2, 0) is 21.7 Å². The molecule has 1 aromatic carbocycles. The van der Waals surface area contributed by atoms with E-state index in [-0.39, 0.29) is 5.96 Å². The van der Waals surface area contributed by atoms with Crippen LogP contribution in [-0.4, -0.2) is 36.6 Å². The van der Waals surface area contributed by atoms with E-state index in [9.17, 15) is 0 Å². The molecule has 0 aliphatic rings. The van der Waals surface area contributed by atoms with Crippen LogP contribution < -0.4 is 11.5 Å². The molecule has 0 bridgehead atoms. The van der Waals surface area contributed by atoms with Gasteiger partial charge in [0.2, 0.25) is 0 Å². The summed E-state index contributed by atoms with van der Waals surface area (Å²) in [6.45, 7) is 1.64. The van der Waals surface area contributed by atoms with E-state index in [2.05, 4.69) is 4.99 Å². The van der Waals surface area contributed by atoms with Crippen molar-refractivity contribution in [2.45, 2.75) is 6.61 Å². The average molecular weight is 291 g/mol. The fraction of sp³-hybridized carbons (Fsp3) is 0.300. The minimum atomic E-state index is -4.67. The van der Waals surface area contributed by atoms with Gasteiger partial charge in [-0.05, 0) is 5.56 Å². The summed E-state index contributed by atoms with van der Waals surface area (Å²) in [5.74, 6) is 0.105. The molecule has 0 heterocycles. The van der Waals surface area contributed by atoms with Gasteiger partial charge < -0.3 is 16.2 Å². The van der Waals surface area contributed by atoms with Crippen LogP contribution in [0.2, 0.25) is 0 Å². The number of benzene rings is 1. The number of hydrogen-bond donors (Lipinski definition) is 4. The van der Waals surface area contributed by atoms with E-state index < -0.39 is 10.4 Å². The zero-order valence-corrected chi connectivity index (χ0v) is 11.0. The lowest BCUT2D eigenvalue weighted by atomic mass is 10.2. The number of nitrogens with two attached hydrogens (primary N) is 2. The van der Waals surface area contributed by atoms with Gasteiger partial charge in [-0.25, -0.2) is 0 Å². The number of guanidine groups is 1. The molecule has 0 saturated heterocycles. The van der Waals surface area contributed by atoms with Gasteiger partial charge in [-0.3, -0.25) is 14.1 Å². The predicted molar refractivity (Wildman–Crippen MR) is 71.0 cm³/mol. The first-order chi connectivity index (χ1) is 8.79. The zero-order chi connectivity index (χ0) is 14.7. The first-order valence-corrected chi connectivity index (χ1v) is 6.55. The molecular weight excluding hydrogens is 274 g/mol. The third-order valence-electron chi connectivity index (χ3n) is 1.64. The molecule has 0 aromatic heterocycles. The van der Waals surface area contributed by atoms with E-state index >= 15 is 0 Å². The average Bonchev–Trinajstić information content (AvgIpc) is 2.27. The smallest absolute Gasteiger partial charge is 0.375 e. The van der Waals surface area contributed by atoms with Crippen LogP contribution in [0.4, 0.5) is 0 Å². The lowest BCUT2D eigenvalue weighted by molar-refractivity contribution is 0.128. The molecule has 8 nitrogen and oxygen atoms in total. The lowest BCUT2D eigenvalue weighted by Gasteiger charge is -2.01. The Bertz CT molecular complexity index is 463. The summed E-state index contributed by atoms with van der Waals surface area (Å²) in [7, 11) is -4.67. The summed E-state index contributed by atoms with van der Waals surface area (Å²) in [6.07, 6.45) is 0. The fourth-order valence-electron chi connectivity index (χ4n) is 1.00. The van der Waals surface area contributed by atoms with Crippen LogP contribution in [0.15, 0.2) is 35.3 Å². The molecule has 0 aliphatic carbocycles. The summed E-state index contributed by atoms with van der Waals surface area (Å²) in [6, 6.07) is 9.97. The predicted octanol–water partition coefficient (Wildman–Crippen LogP) is -0.176. The molecule has 1 aromatic rings. The van der Waals surface area contributed by atoms with Crippen molar-refractivity contribution in [3.8, 4) is 0 Å². The maximum atomic E-state index is 8.74. The molecule has 0 unspecified atom stereocenters. The second-order valence-corrected chi connectivity index (χ2v) is 4.19. The van der Waals surface area contributed by atoms with Crippen molar-refractivity contribution in [1.82, 2.24) is 0 Å². The van der Waals surface area contributed by atoms with E-state index in [1.54, 1.807) is 0 Å². The zero-order valence-electron chi connectivity index (χ0n) is 10.1. The Balaban J connectivity index is 0.000000555. The number of aliphatic imine (C=N–C) groups is 1. The Morgan fingerprint density at radius 1 is 1.21 bits per heavy atom. The molecule has 0 saturated carbocycles. The Hall–Kier alpha value is -1.68. The van der Waals surface area contributed by atoms with E-state index in [0.29, 0.717) is 19.8 Å². The van der Waals surface area contributed by atoms with Gasteiger partial charge in [0.15, 0.2) is 5.96 Å². The van der Waals surface area contributed by atoms with Gasteiger partial charge in [0.05, 0.1) is 19.8 Å². The SMILES string of the molecule is NC(N)=NCCOCc1ccccc1.O=S(=O)(O)O. The number of hydrogen-bond acceptors (Lipinski definition) is 4. The van der Waals surface area contributed by atoms with Crippen molar-refractivity contribution in [2.24, 2.45) is 16.5 Å². The van der Waals surface area contributed by atoms with Crippen molar-refractivity contribution in [3.05, 3.63) is 35.9 Å². The second kappa shape index (κ2) is 9.28. The fourth-order valence-corrected chi connectivity index (χ4v) is 1.00. The summed E-state index contributed by atoms with van der Waals surface area (Å²) < 4.78 is 36.9. The third kappa shape index (κ3) is 16.3. The van der Waals surface area contributed by atoms with Crippen LogP contribution in [0.1, 0.15) is 5.56 Å². The van der Waals surface area contributed by atoms with Gasteiger partial charge in [-0.2, -0.15) is 8.42 Å². The maximum Gasteiger partial charge on any atom is 0.394 e. The molecule has 0 atom stereocenters. The molecule has 6 N–H and O–H groups in total. The molecule has 0 radical (unpaired) electrons. The molecule has 0 fully saturated rings. The van der Waals surface area contributed by atoms with E-state index in [1.807, 2.05) is 30.3 Å². The van der Waals surface area contributed by atoms with Gasteiger partial charge in [0.25, 0.3) is 0 Å². The highest BCUT2D eigenvalue weighted by Gasteiger charge is 1.90. The van der Waals surface area contributed by atoms with Crippen LogP contribution in [0, 0.1) is 0 Å². The van der Waals surface area contributed by atoms with Crippen molar-refractivity contribution in [1.29, 1.82) is 0 Å². The largest absolute Gasteiger partial charge is 0.394 e. The molecular formula is C10H17N3O5S. The van der Waals surface area contributed by atoms with Gasteiger partial charge >= 0.3 is 10.4 Å². The molecule has 9 heteroatoms.